The van der Waals surface area contributed by atoms with Gasteiger partial charge in [0, 0.05) is 36.5 Å². The molecule has 0 spiro atoms. The van der Waals surface area contributed by atoms with Crippen LogP contribution in [0.25, 0.3) is 0 Å². The highest BCUT2D eigenvalue weighted by Crippen LogP contribution is 2.22. The fourth-order valence-corrected chi connectivity index (χ4v) is 4.25. The number of likely N-dealkylation sites (tertiary alicyclic amines) is 1. The first kappa shape index (κ1) is 21.7. The number of pyridine rings is 1. The van der Waals surface area contributed by atoms with Crippen molar-refractivity contribution in [2.24, 2.45) is 5.92 Å². The lowest BCUT2D eigenvalue weighted by Gasteiger charge is -2.31. The number of thiophene rings is 1. The van der Waals surface area contributed by atoms with Crippen LogP contribution in [0.3, 0.4) is 0 Å². The number of carbonyl (C=O) groups is 3. The summed E-state index contributed by atoms with van der Waals surface area (Å²) in [6.07, 6.45) is 2.91. The van der Waals surface area contributed by atoms with Gasteiger partial charge in [-0.25, -0.2) is 4.98 Å². The van der Waals surface area contributed by atoms with E-state index in [1.807, 2.05) is 24.4 Å². The molecule has 1 aromatic carbocycles. The van der Waals surface area contributed by atoms with E-state index in [1.54, 1.807) is 47.5 Å². The molecule has 0 saturated carbocycles. The van der Waals surface area contributed by atoms with Crippen molar-refractivity contribution < 1.29 is 14.4 Å². The van der Waals surface area contributed by atoms with E-state index in [0.29, 0.717) is 47.9 Å². The smallest absolute Gasteiger partial charge is 0.265 e. The first-order valence-electron chi connectivity index (χ1n) is 10.5. The second-order valence-electron chi connectivity index (χ2n) is 7.79. The van der Waals surface area contributed by atoms with Gasteiger partial charge >= 0.3 is 0 Å². The van der Waals surface area contributed by atoms with E-state index >= 15 is 0 Å². The zero-order valence-electron chi connectivity index (χ0n) is 17.7. The van der Waals surface area contributed by atoms with Crippen LogP contribution >= 0.6 is 11.3 Å². The van der Waals surface area contributed by atoms with E-state index in [2.05, 4.69) is 15.6 Å². The van der Waals surface area contributed by atoms with Gasteiger partial charge in [0.1, 0.15) is 5.82 Å². The molecule has 7 nitrogen and oxygen atoms in total. The van der Waals surface area contributed by atoms with Gasteiger partial charge in [-0.05, 0) is 61.0 Å². The molecule has 3 amide bonds. The van der Waals surface area contributed by atoms with E-state index in [9.17, 15) is 14.4 Å². The van der Waals surface area contributed by atoms with Crippen molar-refractivity contribution in [3.8, 4) is 0 Å². The quantitative estimate of drug-likeness (QED) is 0.612. The van der Waals surface area contributed by atoms with Crippen molar-refractivity contribution in [2.45, 2.75) is 19.8 Å². The molecule has 2 aromatic heterocycles. The Morgan fingerprint density at radius 1 is 1.03 bits per heavy atom. The maximum atomic E-state index is 13.0. The van der Waals surface area contributed by atoms with Gasteiger partial charge in [0.05, 0.1) is 4.88 Å². The van der Waals surface area contributed by atoms with E-state index in [0.717, 1.165) is 5.56 Å². The number of amides is 3. The maximum absolute atomic E-state index is 13.0. The summed E-state index contributed by atoms with van der Waals surface area (Å²) >= 11 is 1.36. The molecular weight excluding hydrogens is 424 g/mol. The van der Waals surface area contributed by atoms with Crippen LogP contribution in [0.5, 0.6) is 0 Å². The molecule has 1 aliphatic heterocycles. The number of benzene rings is 1. The Labute approximate surface area is 190 Å². The SMILES string of the molecule is Cc1ccc(NC(=O)C2CCN(C(=O)c3cccc(NC(=O)c4cccs4)c3)CC2)nc1. The third kappa shape index (κ3) is 5.20. The Morgan fingerprint density at radius 3 is 2.53 bits per heavy atom. The Bertz CT molecular complexity index is 1100. The van der Waals surface area contributed by atoms with Crippen molar-refractivity contribution in [1.82, 2.24) is 9.88 Å². The molecule has 0 bridgehead atoms. The fraction of sp³-hybridized carbons (Fsp3) is 0.250. The Morgan fingerprint density at radius 2 is 1.84 bits per heavy atom. The largest absolute Gasteiger partial charge is 0.339 e. The summed E-state index contributed by atoms with van der Waals surface area (Å²) in [5.74, 6) is 0.0293. The number of anilines is 2. The summed E-state index contributed by atoms with van der Waals surface area (Å²) in [6.45, 7) is 2.95. The van der Waals surface area contributed by atoms with E-state index < -0.39 is 0 Å². The summed E-state index contributed by atoms with van der Waals surface area (Å²) in [5, 5.41) is 7.54. The van der Waals surface area contributed by atoms with Gasteiger partial charge in [-0.3, -0.25) is 14.4 Å². The molecule has 32 heavy (non-hydrogen) atoms. The molecule has 0 aliphatic carbocycles. The van der Waals surface area contributed by atoms with Gasteiger partial charge in [-0.1, -0.05) is 18.2 Å². The van der Waals surface area contributed by atoms with Gasteiger partial charge in [0.15, 0.2) is 0 Å². The molecule has 0 atom stereocenters. The summed E-state index contributed by atoms with van der Waals surface area (Å²) in [6, 6.07) is 14.2. The second-order valence-corrected chi connectivity index (χ2v) is 8.74. The highest BCUT2D eigenvalue weighted by atomic mass is 32.1. The standard InChI is InChI=1S/C24H24N4O3S/c1-16-7-8-21(25-15-16)27-22(29)17-9-11-28(12-10-17)24(31)18-4-2-5-19(14-18)26-23(30)20-6-3-13-32-20/h2-8,13-15,17H,9-12H2,1H3,(H,26,30)(H,25,27,29). The lowest BCUT2D eigenvalue weighted by atomic mass is 9.95. The Hall–Kier alpha value is -3.52. The number of aryl methyl sites for hydroxylation is 1. The molecular formula is C24H24N4O3S. The van der Waals surface area contributed by atoms with E-state index in [-0.39, 0.29) is 23.6 Å². The molecule has 1 aliphatic rings. The molecule has 1 fully saturated rings. The van der Waals surface area contributed by atoms with Gasteiger partial charge in [-0.15, -0.1) is 11.3 Å². The molecule has 2 N–H and O–H groups in total. The lowest BCUT2D eigenvalue weighted by Crippen LogP contribution is -2.41. The number of nitrogens with one attached hydrogen (secondary N) is 2. The average molecular weight is 449 g/mol. The van der Waals surface area contributed by atoms with Crippen LogP contribution in [-0.2, 0) is 4.79 Å². The minimum absolute atomic E-state index is 0.0632. The van der Waals surface area contributed by atoms with Crippen LogP contribution in [0.4, 0.5) is 11.5 Å². The zero-order chi connectivity index (χ0) is 22.5. The van der Waals surface area contributed by atoms with Crippen molar-refractivity contribution in [2.75, 3.05) is 23.7 Å². The van der Waals surface area contributed by atoms with Crippen LogP contribution < -0.4 is 10.6 Å². The number of hydrogen-bond donors (Lipinski definition) is 2. The van der Waals surface area contributed by atoms with Crippen LogP contribution in [0.1, 0.15) is 38.4 Å². The summed E-state index contributed by atoms with van der Waals surface area (Å²) in [5.41, 5.74) is 2.12. The van der Waals surface area contributed by atoms with E-state index in [4.69, 9.17) is 0 Å². The van der Waals surface area contributed by atoms with Crippen LogP contribution in [-0.4, -0.2) is 40.7 Å². The van der Waals surface area contributed by atoms with Gasteiger partial charge in [0.2, 0.25) is 5.91 Å². The monoisotopic (exact) mass is 448 g/mol. The Balaban J connectivity index is 1.32. The molecule has 0 unspecified atom stereocenters. The Kier molecular flexibility index (Phi) is 6.61. The summed E-state index contributed by atoms with van der Waals surface area (Å²) in [7, 11) is 0. The van der Waals surface area contributed by atoms with Crippen LogP contribution in [0.2, 0.25) is 0 Å². The number of aromatic nitrogens is 1. The van der Waals surface area contributed by atoms with Gasteiger partial charge < -0.3 is 15.5 Å². The molecule has 164 valence electrons. The lowest BCUT2D eigenvalue weighted by molar-refractivity contribution is -0.121. The number of rotatable bonds is 5. The zero-order valence-corrected chi connectivity index (χ0v) is 18.5. The summed E-state index contributed by atoms with van der Waals surface area (Å²) in [4.78, 5) is 44.4. The normalized spacial score (nSPS) is 14.1. The maximum Gasteiger partial charge on any atom is 0.265 e. The minimum Gasteiger partial charge on any atom is -0.339 e. The fourth-order valence-electron chi connectivity index (χ4n) is 3.63. The van der Waals surface area contributed by atoms with Gasteiger partial charge in [-0.2, -0.15) is 0 Å². The minimum atomic E-state index is -0.195. The number of nitrogens with zero attached hydrogens (tertiary/aromatic N) is 2. The third-order valence-electron chi connectivity index (χ3n) is 5.43. The van der Waals surface area contributed by atoms with Crippen LogP contribution in [0.15, 0.2) is 60.1 Å². The van der Waals surface area contributed by atoms with Crippen molar-refractivity contribution in [3.05, 3.63) is 76.1 Å². The topological polar surface area (TPSA) is 91.4 Å². The van der Waals surface area contributed by atoms with Crippen molar-refractivity contribution in [1.29, 1.82) is 0 Å². The number of carbonyl (C=O) groups excluding carboxylic acids is 3. The van der Waals surface area contributed by atoms with Crippen LogP contribution in [0, 0.1) is 12.8 Å². The highest BCUT2D eigenvalue weighted by molar-refractivity contribution is 7.12. The van der Waals surface area contributed by atoms with Crippen molar-refractivity contribution >= 4 is 40.6 Å². The van der Waals surface area contributed by atoms with Crippen molar-refractivity contribution in [3.63, 3.8) is 0 Å². The molecule has 1 saturated heterocycles. The highest BCUT2D eigenvalue weighted by Gasteiger charge is 2.28. The number of hydrogen-bond acceptors (Lipinski definition) is 5. The van der Waals surface area contributed by atoms with Gasteiger partial charge in [0.25, 0.3) is 11.8 Å². The molecule has 4 rings (SSSR count). The predicted molar refractivity (Wildman–Crippen MR) is 125 cm³/mol. The molecule has 3 aromatic rings. The summed E-state index contributed by atoms with van der Waals surface area (Å²) < 4.78 is 0. The first-order chi connectivity index (χ1) is 15.5. The first-order valence-corrected chi connectivity index (χ1v) is 11.4. The average Bonchev–Trinajstić information content (AvgIpc) is 3.36. The molecule has 8 heteroatoms. The van der Waals surface area contributed by atoms with E-state index in [1.165, 1.54) is 11.3 Å². The molecule has 3 heterocycles. The molecule has 0 radical (unpaired) electrons. The number of piperidine rings is 1. The third-order valence-corrected chi connectivity index (χ3v) is 6.30. The predicted octanol–water partition coefficient (Wildman–Crippen LogP) is 4.19. The second kappa shape index (κ2) is 9.74.